The summed E-state index contributed by atoms with van der Waals surface area (Å²) in [7, 11) is 1.47. The number of hydrogen-bond acceptors (Lipinski definition) is 5. The van der Waals surface area contributed by atoms with Gasteiger partial charge >= 0.3 is 12.0 Å². The Balaban J connectivity index is 1.61. The number of ether oxygens (including phenoxy) is 1. The molecule has 1 saturated heterocycles. The molecule has 3 rings (SSSR count). The van der Waals surface area contributed by atoms with Crippen LogP contribution in [0.15, 0.2) is 36.4 Å². The largest absolute Gasteiger partial charge is 0.456 e. The second-order valence-electron chi connectivity index (χ2n) is 7.06. The first-order chi connectivity index (χ1) is 13.8. The molecule has 8 nitrogen and oxygen atoms in total. The third kappa shape index (κ3) is 4.37. The average Bonchev–Trinajstić information content (AvgIpc) is 3.11. The van der Waals surface area contributed by atoms with Gasteiger partial charge in [-0.15, -0.1) is 0 Å². The molecule has 0 unspecified atom stereocenters. The molecule has 0 atom stereocenters. The van der Waals surface area contributed by atoms with E-state index in [-0.39, 0.29) is 12.3 Å². The van der Waals surface area contributed by atoms with Crippen molar-refractivity contribution in [3.05, 3.63) is 58.9 Å². The zero-order chi connectivity index (χ0) is 21.1. The molecule has 2 aromatic rings. The minimum atomic E-state index is -0.798. The number of carbonyl (C=O) groups is 4. The summed E-state index contributed by atoms with van der Waals surface area (Å²) >= 11 is 0. The molecular weight excluding hydrogens is 374 g/mol. The van der Waals surface area contributed by atoms with Crippen LogP contribution in [0.4, 0.5) is 4.79 Å². The molecule has 8 heteroatoms. The zero-order valence-electron chi connectivity index (χ0n) is 16.7. The zero-order valence-corrected chi connectivity index (χ0v) is 16.7. The molecule has 0 N–H and O–H groups in total. The van der Waals surface area contributed by atoms with E-state index in [0.717, 1.165) is 21.9 Å². The van der Waals surface area contributed by atoms with Gasteiger partial charge in [-0.05, 0) is 25.5 Å². The monoisotopic (exact) mass is 397 g/mol. The number of amides is 3. The van der Waals surface area contributed by atoms with Gasteiger partial charge in [0.2, 0.25) is 5.78 Å². The lowest BCUT2D eigenvalue weighted by molar-refractivity contribution is -0.145. The highest BCUT2D eigenvalue weighted by molar-refractivity contribution is 6.04. The van der Waals surface area contributed by atoms with Crippen molar-refractivity contribution >= 4 is 23.7 Å². The number of imide groups is 1. The number of nitrogens with zero attached hydrogens (tertiary/aromatic N) is 3. The van der Waals surface area contributed by atoms with Crippen LogP contribution < -0.4 is 0 Å². The SMILES string of the molecule is Cc1cc(C(=O)COC(=O)CN2C(=O)CN(C)C2=O)c(C)n1Cc1ccccc1. The Morgan fingerprint density at radius 3 is 2.41 bits per heavy atom. The molecule has 0 aliphatic carbocycles. The van der Waals surface area contributed by atoms with E-state index in [1.165, 1.54) is 11.9 Å². The predicted octanol–water partition coefficient (Wildman–Crippen LogP) is 1.77. The molecule has 0 spiro atoms. The summed E-state index contributed by atoms with van der Waals surface area (Å²) in [5.74, 6) is -1.60. The Morgan fingerprint density at radius 1 is 1.10 bits per heavy atom. The molecule has 29 heavy (non-hydrogen) atoms. The van der Waals surface area contributed by atoms with Crippen molar-refractivity contribution < 1.29 is 23.9 Å². The van der Waals surface area contributed by atoms with E-state index < -0.39 is 31.1 Å². The van der Waals surface area contributed by atoms with Gasteiger partial charge in [-0.3, -0.25) is 19.3 Å². The lowest BCUT2D eigenvalue weighted by atomic mass is 10.1. The van der Waals surface area contributed by atoms with E-state index in [1.807, 2.05) is 48.7 Å². The lowest BCUT2D eigenvalue weighted by Gasteiger charge is -2.13. The van der Waals surface area contributed by atoms with Crippen LogP contribution in [0.2, 0.25) is 0 Å². The molecule has 152 valence electrons. The van der Waals surface area contributed by atoms with Gasteiger partial charge < -0.3 is 14.2 Å². The number of carbonyl (C=O) groups excluding carboxylic acids is 4. The fourth-order valence-corrected chi connectivity index (χ4v) is 3.32. The highest BCUT2D eigenvalue weighted by Gasteiger charge is 2.35. The third-order valence-corrected chi connectivity index (χ3v) is 4.94. The van der Waals surface area contributed by atoms with Crippen molar-refractivity contribution in [2.45, 2.75) is 20.4 Å². The van der Waals surface area contributed by atoms with Crippen molar-refractivity contribution in [1.82, 2.24) is 14.4 Å². The molecule has 0 radical (unpaired) electrons. The Labute approximate surface area is 168 Å². The topological polar surface area (TPSA) is 88.9 Å². The highest BCUT2D eigenvalue weighted by Crippen LogP contribution is 2.18. The van der Waals surface area contributed by atoms with E-state index in [2.05, 4.69) is 0 Å². The van der Waals surface area contributed by atoms with Crippen molar-refractivity contribution in [2.75, 3.05) is 26.7 Å². The Kier molecular flexibility index (Phi) is 5.81. The average molecular weight is 397 g/mol. The summed E-state index contributed by atoms with van der Waals surface area (Å²) in [6.07, 6.45) is 0. The van der Waals surface area contributed by atoms with E-state index in [0.29, 0.717) is 12.1 Å². The number of likely N-dealkylation sites (N-methyl/N-ethyl adjacent to an activating group) is 1. The molecule has 3 amide bonds. The third-order valence-electron chi connectivity index (χ3n) is 4.94. The van der Waals surface area contributed by atoms with Gasteiger partial charge in [0, 0.05) is 30.5 Å². The number of urea groups is 1. The fourth-order valence-electron chi connectivity index (χ4n) is 3.32. The highest BCUT2D eigenvalue weighted by atomic mass is 16.5. The Hall–Kier alpha value is -3.42. The first kappa shape index (κ1) is 20.3. The van der Waals surface area contributed by atoms with Crippen molar-refractivity contribution in [3.63, 3.8) is 0 Å². The number of rotatable bonds is 7. The Bertz CT molecular complexity index is 964. The molecule has 0 saturated carbocycles. The van der Waals surface area contributed by atoms with Crippen LogP contribution in [0.3, 0.4) is 0 Å². The van der Waals surface area contributed by atoms with Gasteiger partial charge in [-0.25, -0.2) is 4.79 Å². The molecule has 0 bridgehead atoms. The number of Topliss-reactive ketones (excluding diaryl/α,β-unsaturated/α-hetero) is 1. The van der Waals surface area contributed by atoms with Gasteiger partial charge in [-0.1, -0.05) is 30.3 Å². The van der Waals surface area contributed by atoms with Crippen LogP contribution in [-0.4, -0.2) is 64.8 Å². The lowest BCUT2D eigenvalue weighted by Crippen LogP contribution is -2.37. The number of esters is 1. The van der Waals surface area contributed by atoms with Crippen LogP contribution in [0, 0.1) is 13.8 Å². The minimum Gasteiger partial charge on any atom is -0.456 e. The number of ketones is 1. The number of hydrogen-bond donors (Lipinski definition) is 0. The molecule has 1 aliphatic heterocycles. The van der Waals surface area contributed by atoms with Gasteiger partial charge in [-0.2, -0.15) is 0 Å². The number of aromatic nitrogens is 1. The van der Waals surface area contributed by atoms with Gasteiger partial charge in [0.05, 0.1) is 0 Å². The number of benzene rings is 1. The van der Waals surface area contributed by atoms with E-state index in [9.17, 15) is 19.2 Å². The maximum atomic E-state index is 12.6. The summed E-state index contributed by atoms with van der Waals surface area (Å²) in [5.41, 5.74) is 3.32. The molecule has 1 fully saturated rings. The smallest absolute Gasteiger partial charge is 0.327 e. The molecule has 2 heterocycles. The number of aryl methyl sites for hydroxylation is 1. The summed E-state index contributed by atoms with van der Waals surface area (Å²) in [6, 6.07) is 11.1. The van der Waals surface area contributed by atoms with Crippen LogP contribution >= 0.6 is 0 Å². The van der Waals surface area contributed by atoms with Crippen molar-refractivity contribution in [1.29, 1.82) is 0 Å². The maximum Gasteiger partial charge on any atom is 0.327 e. The van der Waals surface area contributed by atoms with Crippen LogP contribution in [0.25, 0.3) is 0 Å². The van der Waals surface area contributed by atoms with Gasteiger partial charge in [0.15, 0.2) is 6.61 Å². The summed E-state index contributed by atoms with van der Waals surface area (Å²) in [6.45, 7) is 3.39. The van der Waals surface area contributed by atoms with Crippen molar-refractivity contribution in [2.24, 2.45) is 0 Å². The van der Waals surface area contributed by atoms with Crippen LogP contribution in [0.1, 0.15) is 27.3 Å². The van der Waals surface area contributed by atoms with Gasteiger partial charge in [0.1, 0.15) is 13.1 Å². The quantitative estimate of drug-likeness (QED) is 0.404. The molecule has 1 aromatic heterocycles. The molecule has 1 aromatic carbocycles. The van der Waals surface area contributed by atoms with Crippen LogP contribution in [0.5, 0.6) is 0 Å². The van der Waals surface area contributed by atoms with E-state index >= 15 is 0 Å². The van der Waals surface area contributed by atoms with E-state index in [1.54, 1.807) is 6.07 Å². The summed E-state index contributed by atoms with van der Waals surface area (Å²) in [4.78, 5) is 50.1. The molecular formula is C21H23N3O5. The van der Waals surface area contributed by atoms with Crippen molar-refractivity contribution in [3.8, 4) is 0 Å². The summed E-state index contributed by atoms with van der Waals surface area (Å²) < 4.78 is 7.04. The predicted molar refractivity (Wildman–Crippen MR) is 104 cm³/mol. The maximum absolute atomic E-state index is 12.6. The standard InChI is InChI=1S/C21H23N3O5/c1-14-9-17(15(2)23(14)10-16-7-5-4-6-8-16)18(25)13-29-20(27)12-24-19(26)11-22(3)21(24)28/h4-9H,10-13H2,1-3H3. The van der Waals surface area contributed by atoms with Gasteiger partial charge in [0.25, 0.3) is 5.91 Å². The minimum absolute atomic E-state index is 0.0710. The first-order valence-electron chi connectivity index (χ1n) is 9.23. The second kappa shape index (κ2) is 8.30. The fraction of sp³-hybridized carbons (Fsp3) is 0.333. The second-order valence-corrected chi connectivity index (χ2v) is 7.06. The normalized spacial score (nSPS) is 13.9. The van der Waals surface area contributed by atoms with E-state index in [4.69, 9.17) is 4.74 Å². The van der Waals surface area contributed by atoms with Crippen LogP contribution in [-0.2, 0) is 20.9 Å². The first-order valence-corrected chi connectivity index (χ1v) is 9.23. The summed E-state index contributed by atoms with van der Waals surface area (Å²) in [5, 5.41) is 0. The Morgan fingerprint density at radius 2 is 1.79 bits per heavy atom. The molecule has 1 aliphatic rings.